The molecule has 4 nitrogen and oxygen atoms in total. The van der Waals surface area contributed by atoms with Crippen LogP contribution in [0.2, 0.25) is 10.0 Å². The smallest absolute Gasteiger partial charge is 0.150 e. The minimum Gasteiger partial charge on any atom is -0.496 e. The fraction of sp³-hybridized carbons (Fsp3) is 0.321. The van der Waals surface area contributed by atoms with Crippen molar-refractivity contribution in [1.82, 2.24) is 9.71 Å². The number of aromatic nitrogens is 2. The van der Waals surface area contributed by atoms with Crippen molar-refractivity contribution in [2.24, 2.45) is 5.92 Å². The molecule has 4 rings (SSSR count). The van der Waals surface area contributed by atoms with Gasteiger partial charge in [-0.1, -0.05) is 56.5 Å². The van der Waals surface area contributed by atoms with E-state index < -0.39 is 11.9 Å². The van der Waals surface area contributed by atoms with Gasteiger partial charge >= 0.3 is 0 Å². The summed E-state index contributed by atoms with van der Waals surface area (Å²) in [5, 5.41) is 0.303. The molecule has 0 saturated carbocycles. The van der Waals surface area contributed by atoms with Gasteiger partial charge in [0, 0.05) is 28.5 Å². The van der Waals surface area contributed by atoms with Crippen molar-refractivity contribution in [3.63, 3.8) is 0 Å². The summed E-state index contributed by atoms with van der Waals surface area (Å²) >= 11 is 12.4. The minimum absolute atomic E-state index is 0.0426. The van der Waals surface area contributed by atoms with Crippen LogP contribution in [0, 0.1) is 18.7 Å². The lowest BCUT2D eigenvalue weighted by Gasteiger charge is -2.19. The van der Waals surface area contributed by atoms with Gasteiger partial charge in [-0.25, -0.2) is 4.39 Å². The van der Waals surface area contributed by atoms with Gasteiger partial charge in [0.15, 0.2) is 6.10 Å². The molecular formula is C28H31Cl2FN2O2. The Labute approximate surface area is 216 Å². The maximum atomic E-state index is 13.9. The molecule has 1 unspecified atom stereocenters. The zero-order valence-electron chi connectivity index (χ0n) is 20.9. The molecular weight excluding hydrogens is 486 g/mol. The summed E-state index contributed by atoms with van der Waals surface area (Å²) in [6.45, 7) is 10.4. The van der Waals surface area contributed by atoms with Gasteiger partial charge in [0.05, 0.1) is 17.6 Å². The zero-order valence-corrected chi connectivity index (χ0v) is 22.4. The largest absolute Gasteiger partial charge is 0.496 e. The van der Waals surface area contributed by atoms with E-state index in [2.05, 4.69) is 25.8 Å². The van der Waals surface area contributed by atoms with Gasteiger partial charge in [0.25, 0.3) is 0 Å². The predicted molar refractivity (Wildman–Crippen MR) is 143 cm³/mol. The summed E-state index contributed by atoms with van der Waals surface area (Å²) in [5.74, 6) is 1.18. The fourth-order valence-electron chi connectivity index (χ4n) is 3.43. The van der Waals surface area contributed by atoms with Crippen LogP contribution in [0.3, 0.4) is 0 Å². The number of nitrogens with zero attached hydrogens (tertiary/aromatic N) is 2. The number of hydrogen-bond donors (Lipinski definition) is 0. The summed E-state index contributed by atoms with van der Waals surface area (Å²) in [4.78, 5) is 10.6. The molecule has 0 aliphatic rings. The highest BCUT2D eigenvalue weighted by molar-refractivity contribution is 6.36. The second-order valence-electron chi connectivity index (χ2n) is 8.76. The van der Waals surface area contributed by atoms with Gasteiger partial charge in [-0.15, -0.1) is 0 Å². The first kappa shape index (κ1) is 26.8. The maximum Gasteiger partial charge on any atom is 0.150 e. The van der Waals surface area contributed by atoms with Crippen LogP contribution in [0.4, 0.5) is 4.39 Å². The van der Waals surface area contributed by atoms with Crippen LogP contribution >= 0.6 is 23.2 Å². The first-order chi connectivity index (χ1) is 16.7. The summed E-state index contributed by atoms with van der Waals surface area (Å²) in [6.07, 6.45) is 4.30. The molecule has 0 amide bonds. The highest BCUT2D eigenvalue weighted by Crippen LogP contribution is 2.34. The number of fused-ring (bicyclic) bond motifs is 1. The Balaban J connectivity index is 0.000000623. The Morgan fingerprint density at radius 1 is 1.03 bits per heavy atom. The minimum atomic E-state index is -0.580. The fourth-order valence-corrected chi connectivity index (χ4v) is 4.11. The highest BCUT2D eigenvalue weighted by atomic mass is 35.5. The molecule has 0 aliphatic heterocycles. The zero-order chi connectivity index (χ0) is 25.7. The third-order valence-corrected chi connectivity index (χ3v) is 6.52. The van der Waals surface area contributed by atoms with Crippen molar-refractivity contribution >= 4 is 34.2 Å². The average Bonchev–Trinajstić information content (AvgIpc) is 3.23. The molecule has 4 aromatic rings. The molecule has 0 spiro atoms. The summed E-state index contributed by atoms with van der Waals surface area (Å²) in [7, 11) is 1.65. The van der Waals surface area contributed by atoms with Gasteiger partial charge < -0.3 is 9.57 Å². The van der Waals surface area contributed by atoms with Gasteiger partial charge in [0.1, 0.15) is 17.1 Å². The molecule has 1 atom stereocenters. The molecule has 186 valence electrons. The van der Waals surface area contributed by atoms with Crippen molar-refractivity contribution in [2.45, 2.75) is 47.1 Å². The van der Waals surface area contributed by atoms with Gasteiger partial charge in [-0.2, -0.15) is 4.73 Å². The standard InChI is InChI=1S/C23H19Cl2FN2O2.C5H12/c1-13-10-15(4-7-21(13)29-3)16-11-20-19(27-12-16)8-9-28(20)30-14(2)22-17(24)5-6-18(26)23(22)25;1-4-5(2)3/h4-12,14H,1-3H3;5H,4H2,1-3H3. The van der Waals surface area contributed by atoms with E-state index in [0.29, 0.717) is 10.6 Å². The third-order valence-electron chi connectivity index (χ3n) is 5.80. The van der Waals surface area contributed by atoms with Crippen LogP contribution in [0.15, 0.2) is 54.9 Å². The van der Waals surface area contributed by atoms with Gasteiger partial charge in [-0.3, -0.25) is 4.98 Å². The van der Waals surface area contributed by atoms with Gasteiger partial charge in [-0.05, 0) is 67.3 Å². The Morgan fingerprint density at radius 2 is 1.74 bits per heavy atom. The van der Waals surface area contributed by atoms with Crippen molar-refractivity contribution in [1.29, 1.82) is 0 Å². The maximum absolute atomic E-state index is 13.9. The number of aryl methyl sites for hydroxylation is 1. The second-order valence-corrected chi connectivity index (χ2v) is 9.55. The van der Waals surface area contributed by atoms with Crippen LogP contribution in [0.5, 0.6) is 5.75 Å². The van der Waals surface area contributed by atoms with Crippen molar-refractivity contribution < 1.29 is 14.0 Å². The number of methoxy groups -OCH3 is 1. The van der Waals surface area contributed by atoms with E-state index in [4.69, 9.17) is 32.8 Å². The first-order valence-corrected chi connectivity index (χ1v) is 12.3. The van der Waals surface area contributed by atoms with E-state index in [9.17, 15) is 4.39 Å². The molecule has 2 aromatic carbocycles. The quantitative estimate of drug-likeness (QED) is 0.240. The molecule has 0 bridgehead atoms. The molecule has 0 saturated heterocycles. The van der Waals surface area contributed by atoms with E-state index in [0.717, 1.165) is 39.4 Å². The normalized spacial score (nSPS) is 11.8. The summed E-state index contributed by atoms with van der Waals surface area (Å²) in [6, 6.07) is 12.5. The van der Waals surface area contributed by atoms with E-state index in [-0.39, 0.29) is 5.02 Å². The molecule has 0 fully saturated rings. The van der Waals surface area contributed by atoms with Crippen LogP contribution in [-0.4, -0.2) is 16.8 Å². The van der Waals surface area contributed by atoms with Crippen molar-refractivity contribution in [2.75, 3.05) is 7.11 Å². The Hall–Kier alpha value is -2.76. The van der Waals surface area contributed by atoms with Gasteiger partial charge in [0.2, 0.25) is 0 Å². The number of pyridine rings is 1. The Morgan fingerprint density at radius 3 is 2.37 bits per heavy atom. The topological polar surface area (TPSA) is 36.3 Å². The van der Waals surface area contributed by atoms with E-state index >= 15 is 0 Å². The monoisotopic (exact) mass is 516 g/mol. The molecule has 2 heterocycles. The summed E-state index contributed by atoms with van der Waals surface area (Å²) < 4.78 is 20.8. The molecule has 35 heavy (non-hydrogen) atoms. The number of ether oxygens (including phenoxy) is 1. The van der Waals surface area contributed by atoms with Crippen LogP contribution in [-0.2, 0) is 0 Å². The molecule has 0 aliphatic carbocycles. The number of benzene rings is 2. The van der Waals surface area contributed by atoms with Crippen LogP contribution in [0.1, 0.15) is 51.3 Å². The lowest BCUT2D eigenvalue weighted by atomic mass is 10.0. The third kappa shape index (κ3) is 6.28. The highest BCUT2D eigenvalue weighted by Gasteiger charge is 2.20. The van der Waals surface area contributed by atoms with Crippen LogP contribution in [0.25, 0.3) is 22.2 Å². The van der Waals surface area contributed by atoms with Crippen molar-refractivity contribution in [3.8, 4) is 16.9 Å². The van der Waals surface area contributed by atoms with Crippen molar-refractivity contribution in [3.05, 3.63) is 81.8 Å². The number of rotatable bonds is 6. The lowest BCUT2D eigenvalue weighted by molar-refractivity contribution is 0.0562. The molecule has 0 N–H and O–H groups in total. The SMILES string of the molecule is CCC(C)C.COc1ccc(-c2cnc3ccn(OC(C)c4c(Cl)ccc(F)c4Cl)c3c2)cc1C. The second kappa shape index (κ2) is 11.8. The molecule has 0 radical (unpaired) electrons. The van der Waals surface area contributed by atoms with E-state index in [1.165, 1.54) is 18.6 Å². The molecule has 2 aromatic heterocycles. The lowest BCUT2D eigenvalue weighted by Crippen LogP contribution is -2.16. The average molecular weight is 517 g/mol. The van der Waals surface area contributed by atoms with Crippen LogP contribution < -0.4 is 9.57 Å². The number of hydrogen-bond acceptors (Lipinski definition) is 3. The van der Waals surface area contributed by atoms with E-state index in [1.807, 2.05) is 43.5 Å². The Kier molecular flexibility index (Phi) is 9.03. The van der Waals surface area contributed by atoms with E-state index in [1.54, 1.807) is 25.0 Å². The molecule has 7 heteroatoms. The Bertz CT molecular complexity index is 1300. The number of halogens is 3. The summed E-state index contributed by atoms with van der Waals surface area (Å²) in [5.41, 5.74) is 4.93. The first-order valence-electron chi connectivity index (χ1n) is 11.6. The predicted octanol–water partition coefficient (Wildman–Crippen LogP) is 8.71.